The zero-order valence-electron chi connectivity index (χ0n) is 14.9. The number of amidine groups is 1. The Balaban J connectivity index is 1.51. The monoisotopic (exact) mass is 365 g/mol. The molecule has 0 spiro atoms. The molecule has 0 saturated carbocycles. The van der Waals surface area contributed by atoms with Crippen LogP contribution in [0.3, 0.4) is 0 Å². The number of amides is 1. The van der Waals surface area contributed by atoms with Gasteiger partial charge in [0.1, 0.15) is 6.20 Å². The van der Waals surface area contributed by atoms with Gasteiger partial charge in [0.25, 0.3) is 11.7 Å². The van der Waals surface area contributed by atoms with E-state index >= 15 is 0 Å². The van der Waals surface area contributed by atoms with E-state index in [0.29, 0.717) is 18.1 Å². The summed E-state index contributed by atoms with van der Waals surface area (Å²) in [7, 11) is 0. The van der Waals surface area contributed by atoms with E-state index in [4.69, 9.17) is 4.84 Å². The van der Waals surface area contributed by atoms with Gasteiger partial charge in [-0.1, -0.05) is 0 Å². The minimum absolute atomic E-state index is 0.112. The lowest BCUT2D eigenvalue weighted by atomic mass is 10.3. The minimum Gasteiger partial charge on any atom is -0.379 e. The molecule has 4 rings (SSSR count). The largest absolute Gasteiger partial charge is 0.379 e. The smallest absolute Gasteiger partial charge is 0.287 e. The number of hydroxylamine groups is 2. The molecule has 1 aromatic carbocycles. The number of aromatic amines is 1. The molecule has 9 nitrogen and oxygen atoms in total. The van der Waals surface area contributed by atoms with Gasteiger partial charge >= 0.3 is 0 Å². The second-order valence-corrected chi connectivity index (χ2v) is 6.16. The summed E-state index contributed by atoms with van der Waals surface area (Å²) >= 11 is 0. The van der Waals surface area contributed by atoms with Gasteiger partial charge in [-0.2, -0.15) is 15.2 Å². The Morgan fingerprint density at radius 1 is 1.33 bits per heavy atom. The predicted octanol–water partition coefficient (Wildman–Crippen LogP) is 2.22. The maximum absolute atomic E-state index is 11.1. The van der Waals surface area contributed by atoms with E-state index in [2.05, 4.69) is 25.8 Å². The Kier molecular flexibility index (Phi) is 4.35. The molecule has 2 aromatic rings. The average molecular weight is 365 g/mol. The summed E-state index contributed by atoms with van der Waals surface area (Å²) in [5, 5.41) is 14.8. The van der Waals surface area contributed by atoms with Crippen LogP contribution in [0.4, 0.5) is 11.5 Å². The molecule has 2 aliphatic heterocycles. The summed E-state index contributed by atoms with van der Waals surface area (Å²) in [5.74, 6) is 2.85. The van der Waals surface area contributed by atoms with Crippen molar-refractivity contribution in [1.82, 2.24) is 20.2 Å². The molecule has 1 amide bonds. The molecule has 0 bridgehead atoms. The van der Waals surface area contributed by atoms with Gasteiger partial charge in [-0.05, 0) is 36.1 Å². The molecule has 0 aliphatic carbocycles. The van der Waals surface area contributed by atoms with Crippen molar-refractivity contribution in [3.8, 4) is 5.75 Å². The number of carbonyl (C=O) groups is 1. The van der Waals surface area contributed by atoms with Crippen molar-refractivity contribution in [2.45, 2.75) is 13.8 Å². The third-order valence-electron chi connectivity index (χ3n) is 3.90. The van der Waals surface area contributed by atoms with Crippen LogP contribution in [0.1, 0.15) is 12.6 Å². The molecule has 27 heavy (non-hydrogen) atoms. The first-order chi connectivity index (χ1) is 13.1. The van der Waals surface area contributed by atoms with Gasteiger partial charge in [0.15, 0.2) is 24.3 Å². The maximum atomic E-state index is 11.1. The van der Waals surface area contributed by atoms with Crippen LogP contribution in [0.2, 0.25) is 0 Å². The SMILES string of the molecule is CC(=O)Nc1ccc(ON2C=C(Nc3cc(C)[nH]n3)[N+]3C=CN=C3C2)cc1. The topological polar surface area (TPSA) is 101 Å². The lowest BCUT2D eigenvalue weighted by Gasteiger charge is -2.24. The molecule has 3 heterocycles. The molecule has 0 saturated heterocycles. The predicted molar refractivity (Wildman–Crippen MR) is 102 cm³/mol. The third-order valence-corrected chi connectivity index (χ3v) is 3.90. The standard InChI is InChI=1S/C18H19N7O2/c1-12-9-16(23-22-12)21-18-11-24(10-17-19-7-8-25(17)18)27-15-5-3-14(4-6-15)20-13(2)26/h3-9,11H,10H2,1-2H3,(H,20,26)(H2,21,22,23)/q+1. The van der Waals surface area contributed by atoms with Crippen LogP contribution in [-0.2, 0) is 4.79 Å². The van der Waals surface area contributed by atoms with Crippen molar-refractivity contribution in [2.24, 2.45) is 4.99 Å². The molecular weight excluding hydrogens is 346 g/mol. The highest BCUT2D eigenvalue weighted by atomic mass is 16.7. The van der Waals surface area contributed by atoms with Crippen LogP contribution in [0, 0.1) is 6.92 Å². The van der Waals surface area contributed by atoms with Crippen molar-refractivity contribution in [3.05, 3.63) is 60.4 Å². The molecular formula is C18H19N7O2+. The highest BCUT2D eigenvalue weighted by Gasteiger charge is 2.38. The van der Waals surface area contributed by atoms with Crippen molar-refractivity contribution < 1.29 is 9.63 Å². The molecule has 0 atom stereocenters. The molecule has 3 N–H and O–H groups in total. The number of aryl methyl sites for hydroxylation is 1. The fourth-order valence-corrected chi connectivity index (χ4v) is 2.76. The molecule has 2 aliphatic rings. The van der Waals surface area contributed by atoms with Gasteiger partial charge in [-0.15, -0.1) is 0 Å². The van der Waals surface area contributed by atoms with Crippen LogP contribution in [0.15, 0.2) is 59.7 Å². The summed E-state index contributed by atoms with van der Waals surface area (Å²) in [6, 6.07) is 9.08. The van der Waals surface area contributed by atoms with Crippen LogP contribution in [-0.4, -0.2) is 33.5 Å². The number of nitrogens with zero attached hydrogens (tertiary/aromatic N) is 4. The summed E-state index contributed by atoms with van der Waals surface area (Å²) in [6.07, 6.45) is 5.47. The minimum atomic E-state index is -0.112. The van der Waals surface area contributed by atoms with Gasteiger partial charge < -0.3 is 10.2 Å². The van der Waals surface area contributed by atoms with E-state index in [1.54, 1.807) is 35.5 Å². The Hall–Kier alpha value is -3.59. The number of nitrogens with one attached hydrogen (secondary N) is 3. The first kappa shape index (κ1) is 16.9. The number of hydrogen-bond acceptors (Lipinski definition) is 7. The summed E-state index contributed by atoms with van der Waals surface area (Å²) < 4.78 is 0. The van der Waals surface area contributed by atoms with E-state index in [0.717, 1.165) is 23.0 Å². The van der Waals surface area contributed by atoms with E-state index < -0.39 is 0 Å². The third kappa shape index (κ3) is 3.82. The van der Waals surface area contributed by atoms with E-state index in [1.807, 2.05) is 30.3 Å². The number of aromatic nitrogens is 2. The van der Waals surface area contributed by atoms with Crippen LogP contribution < -0.4 is 20.4 Å². The summed E-state index contributed by atoms with van der Waals surface area (Å²) in [4.78, 5) is 23.4. The quantitative estimate of drug-likeness (QED) is 0.706. The van der Waals surface area contributed by atoms with Gasteiger partial charge in [0.05, 0.1) is 6.20 Å². The Morgan fingerprint density at radius 2 is 2.15 bits per heavy atom. The van der Waals surface area contributed by atoms with E-state index in [1.165, 1.54) is 6.92 Å². The number of carbonyl (C=O) groups excluding carboxylic acids is 1. The Bertz CT molecular complexity index is 943. The zero-order valence-corrected chi connectivity index (χ0v) is 14.9. The fourth-order valence-electron chi connectivity index (χ4n) is 2.76. The highest BCUT2D eigenvalue weighted by Crippen LogP contribution is 2.22. The van der Waals surface area contributed by atoms with Crippen molar-refractivity contribution >= 4 is 23.2 Å². The molecule has 9 heteroatoms. The molecule has 0 unspecified atom stereocenters. The summed E-state index contributed by atoms with van der Waals surface area (Å²) in [5.41, 5.74) is 1.68. The lowest BCUT2D eigenvalue weighted by Crippen LogP contribution is -2.45. The number of hydrogen-bond donors (Lipinski definition) is 3. The zero-order chi connectivity index (χ0) is 18.8. The van der Waals surface area contributed by atoms with Crippen molar-refractivity contribution in [1.29, 1.82) is 0 Å². The normalized spacial score (nSPS) is 15.9. The molecule has 1 radical (unpaired) electrons. The lowest BCUT2D eigenvalue weighted by molar-refractivity contribution is -0.114. The van der Waals surface area contributed by atoms with Crippen molar-refractivity contribution in [3.63, 3.8) is 0 Å². The van der Waals surface area contributed by atoms with Gasteiger partial charge in [-0.25, -0.2) is 0 Å². The molecule has 1 aromatic heterocycles. The van der Waals surface area contributed by atoms with Crippen LogP contribution in [0.5, 0.6) is 5.75 Å². The Labute approximate surface area is 156 Å². The molecule has 137 valence electrons. The van der Waals surface area contributed by atoms with Crippen molar-refractivity contribution in [2.75, 3.05) is 17.2 Å². The van der Waals surface area contributed by atoms with Gasteiger partial charge in [-0.3, -0.25) is 15.2 Å². The Morgan fingerprint density at radius 3 is 2.85 bits per heavy atom. The van der Waals surface area contributed by atoms with E-state index in [9.17, 15) is 4.79 Å². The first-order valence-electron chi connectivity index (χ1n) is 8.42. The second-order valence-electron chi connectivity index (χ2n) is 6.16. The number of benzene rings is 1. The van der Waals surface area contributed by atoms with Crippen LogP contribution in [0.25, 0.3) is 0 Å². The number of fused-ring (bicyclic) bond motifs is 1. The van der Waals surface area contributed by atoms with Crippen LogP contribution >= 0.6 is 0 Å². The van der Waals surface area contributed by atoms with E-state index in [-0.39, 0.29) is 5.91 Å². The summed E-state index contributed by atoms with van der Waals surface area (Å²) in [6.45, 7) is 3.90. The number of rotatable bonds is 5. The second kappa shape index (κ2) is 6.96. The van der Waals surface area contributed by atoms with Gasteiger partial charge in [0, 0.05) is 24.4 Å². The van der Waals surface area contributed by atoms with Gasteiger partial charge in [0.2, 0.25) is 5.91 Å². The number of H-pyrrole nitrogens is 1. The average Bonchev–Trinajstić information content (AvgIpc) is 3.25. The first-order valence-corrected chi connectivity index (χ1v) is 8.42. The molecule has 0 fully saturated rings. The fraction of sp³-hybridized carbons (Fsp3) is 0.167. The number of aliphatic imine (C=N–C) groups is 1. The maximum Gasteiger partial charge on any atom is 0.287 e. The highest BCUT2D eigenvalue weighted by molar-refractivity contribution is 5.93. The number of anilines is 2.